The second-order valence-corrected chi connectivity index (χ2v) is 2.82. The molecule has 0 radical (unpaired) electrons. The zero-order chi connectivity index (χ0) is 9.52. The highest BCUT2D eigenvalue weighted by atomic mass is 32.1. The van der Waals surface area contributed by atoms with Gasteiger partial charge in [0.1, 0.15) is 4.92 Å². The van der Waals surface area contributed by atoms with Gasteiger partial charge in [0.25, 0.3) is 0 Å². The minimum Gasteiger partial charge on any atom is -0.409 e. The molecule has 0 fully saturated rings. The highest BCUT2D eigenvalue weighted by Gasteiger charge is 2.04. The molecule has 13 heavy (non-hydrogen) atoms. The van der Waals surface area contributed by atoms with Crippen LogP contribution in [-0.2, 0) is 0 Å². The number of nitro groups is 1. The van der Waals surface area contributed by atoms with Crippen LogP contribution < -0.4 is 0 Å². The van der Waals surface area contributed by atoms with Crippen LogP contribution in [0.4, 0.5) is 5.88 Å². The summed E-state index contributed by atoms with van der Waals surface area (Å²) < 4.78 is 4.40. The number of hydrogen-bond donors (Lipinski definition) is 0. The van der Waals surface area contributed by atoms with Crippen LogP contribution in [0, 0.1) is 10.1 Å². The maximum absolute atomic E-state index is 9.77. The molecular weight excluding hydrogens is 190 g/mol. The first-order chi connectivity index (χ1) is 6.30. The summed E-state index contributed by atoms with van der Waals surface area (Å²) in [5, 5.41) is 13.9. The Morgan fingerprint density at radius 2 is 2.00 bits per heavy atom. The summed E-state index contributed by atoms with van der Waals surface area (Å²) >= 11 is 1.71. The SMILES string of the molecule is O=[N+]([O-])c1ccco1.c1ccsc1. The summed E-state index contributed by atoms with van der Waals surface area (Å²) in [6.45, 7) is 0. The van der Waals surface area contributed by atoms with E-state index in [9.17, 15) is 10.1 Å². The lowest BCUT2D eigenvalue weighted by Crippen LogP contribution is -1.81. The first-order valence-electron chi connectivity index (χ1n) is 3.46. The molecule has 0 N–H and O–H groups in total. The molecule has 4 nitrogen and oxygen atoms in total. The van der Waals surface area contributed by atoms with Gasteiger partial charge in [-0.15, -0.1) is 0 Å². The Kier molecular flexibility index (Phi) is 3.72. The molecule has 0 bridgehead atoms. The molecule has 0 spiro atoms. The second-order valence-electron chi connectivity index (χ2n) is 2.00. The minimum atomic E-state index is -0.583. The standard InChI is InChI=1S/C4H3NO3.C4H4S/c6-5(7)4-2-1-3-8-4;1-2-4-5-3-1/h1-3H;1-4H. The van der Waals surface area contributed by atoms with Crippen LogP contribution in [0.5, 0.6) is 0 Å². The predicted molar refractivity (Wildman–Crippen MR) is 49.7 cm³/mol. The minimum absolute atomic E-state index is 0.218. The Morgan fingerprint density at radius 3 is 2.23 bits per heavy atom. The quantitative estimate of drug-likeness (QED) is 0.521. The van der Waals surface area contributed by atoms with Gasteiger partial charge in [0, 0.05) is 0 Å². The van der Waals surface area contributed by atoms with Crippen LogP contribution in [0.2, 0.25) is 0 Å². The maximum atomic E-state index is 9.77. The van der Waals surface area contributed by atoms with Gasteiger partial charge in [-0.2, -0.15) is 11.3 Å². The predicted octanol–water partition coefficient (Wildman–Crippen LogP) is 2.94. The first-order valence-corrected chi connectivity index (χ1v) is 4.40. The highest BCUT2D eigenvalue weighted by molar-refractivity contribution is 7.07. The molecule has 0 unspecified atom stereocenters. The molecule has 2 aromatic heterocycles. The first kappa shape index (κ1) is 9.47. The van der Waals surface area contributed by atoms with Crippen LogP contribution >= 0.6 is 11.3 Å². The Hall–Kier alpha value is -1.62. The maximum Gasteiger partial charge on any atom is 0.432 e. The van der Waals surface area contributed by atoms with Gasteiger partial charge in [-0.25, -0.2) is 0 Å². The monoisotopic (exact) mass is 197 g/mol. The van der Waals surface area contributed by atoms with Gasteiger partial charge in [-0.3, -0.25) is 10.1 Å². The highest BCUT2D eigenvalue weighted by Crippen LogP contribution is 2.08. The number of furan rings is 1. The van der Waals surface area contributed by atoms with Crippen LogP contribution in [0.3, 0.4) is 0 Å². The Labute approximate surface area is 78.6 Å². The lowest BCUT2D eigenvalue weighted by molar-refractivity contribution is -0.402. The van der Waals surface area contributed by atoms with Crippen LogP contribution in [0.15, 0.2) is 45.7 Å². The van der Waals surface area contributed by atoms with E-state index >= 15 is 0 Å². The average molecular weight is 197 g/mol. The van der Waals surface area contributed by atoms with Crippen molar-refractivity contribution < 1.29 is 9.34 Å². The van der Waals surface area contributed by atoms with Crippen LogP contribution in [0.1, 0.15) is 0 Å². The summed E-state index contributed by atoms with van der Waals surface area (Å²) in [7, 11) is 0. The van der Waals surface area contributed by atoms with E-state index in [4.69, 9.17) is 0 Å². The number of nitrogens with zero attached hydrogens (tertiary/aromatic N) is 1. The van der Waals surface area contributed by atoms with E-state index in [0.29, 0.717) is 0 Å². The van der Waals surface area contributed by atoms with Crippen molar-refractivity contribution in [3.63, 3.8) is 0 Å². The van der Waals surface area contributed by atoms with Gasteiger partial charge >= 0.3 is 5.88 Å². The fourth-order valence-corrected chi connectivity index (χ4v) is 1.05. The normalized spacial score (nSPS) is 8.62. The van der Waals surface area contributed by atoms with E-state index in [-0.39, 0.29) is 5.88 Å². The van der Waals surface area contributed by atoms with Crippen molar-refractivity contribution >= 4 is 17.2 Å². The Balaban J connectivity index is 0.000000145. The van der Waals surface area contributed by atoms with Crippen molar-refractivity contribution in [3.8, 4) is 0 Å². The molecule has 0 amide bonds. The van der Waals surface area contributed by atoms with Crippen LogP contribution in [-0.4, -0.2) is 4.92 Å². The molecule has 0 atom stereocenters. The average Bonchev–Trinajstić information content (AvgIpc) is 2.82. The van der Waals surface area contributed by atoms with Crippen molar-refractivity contribution in [1.29, 1.82) is 0 Å². The fraction of sp³-hybridized carbons (Fsp3) is 0. The van der Waals surface area contributed by atoms with Crippen molar-refractivity contribution in [2.45, 2.75) is 0 Å². The number of rotatable bonds is 1. The zero-order valence-corrected chi connectivity index (χ0v) is 7.44. The van der Waals surface area contributed by atoms with E-state index in [0.717, 1.165) is 0 Å². The Morgan fingerprint density at radius 1 is 1.31 bits per heavy atom. The lowest BCUT2D eigenvalue weighted by atomic mass is 10.6. The second kappa shape index (κ2) is 5.10. The summed E-state index contributed by atoms with van der Waals surface area (Å²) in [6, 6.07) is 6.80. The summed E-state index contributed by atoms with van der Waals surface area (Å²) in [6.07, 6.45) is 1.26. The third kappa shape index (κ3) is 3.53. The number of thiophene rings is 1. The lowest BCUT2D eigenvalue weighted by Gasteiger charge is -1.76. The third-order valence-electron chi connectivity index (χ3n) is 1.11. The van der Waals surface area contributed by atoms with Crippen LogP contribution in [0.25, 0.3) is 0 Å². The molecule has 0 aliphatic heterocycles. The smallest absolute Gasteiger partial charge is 0.409 e. The molecule has 2 heterocycles. The van der Waals surface area contributed by atoms with Crippen molar-refractivity contribution in [1.82, 2.24) is 0 Å². The van der Waals surface area contributed by atoms with E-state index in [1.807, 2.05) is 22.9 Å². The molecule has 0 saturated carbocycles. The summed E-state index contributed by atoms with van der Waals surface area (Å²) in [5.41, 5.74) is 0. The van der Waals surface area contributed by atoms with Crippen molar-refractivity contribution in [3.05, 3.63) is 51.4 Å². The van der Waals surface area contributed by atoms with Gasteiger partial charge < -0.3 is 4.42 Å². The van der Waals surface area contributed by atoms with Gasteiger partial charge in [0.2, 0.25) is 0 Å². The summed E-state index contributed by atoms with van der Waals surface area (Å²) in [4.78, 5) is 9.19. The molecule has 0 aromatic carbocycles. The van der Waals surface area contributed by atoms with Gasteiger partial charge in [-0.1, -0.05) is 12.1 Å². The van der Waals surface area contributed by atoms with Gasteiger partial charge in [0.05, 0.1) is 12.3 Å². The zero-order valence-electron chi connectivity index (χ0n) is 6.62. The molecule has 0 saturated heterocycles. The molecule has 0 aliphatic carbocycles. The van der Waals surface area contributed by atoms with Gasteiger partial charge in [-0.05, 0) is 16.8 Å². The molecule has 2 aromatic rings. The van der Waals surface area contributed by atoms with Crippen molar-refractivity contribution in [2.75, 3.05) is 0 Å². The topological polar surface area (TPSA) is 56.3 Å². The Bertz CT molecular complexity index is 311. The van der Waals surface area contributed by atoms with E-state index in [1.165, 1.54) is 18.4 Å². The molecular formula is C8H7NO3S. The fourth-order valence-electron chi connectivity index (χ4n) is 0.601. The molecule has 5 heteroatoms. The van der Waals surface area contributed by atoms with Crippen molar-refractivity contribution in [2.24, 2.45) is 0 Å². The van der Waals surface area contributed by atoms with E-state index < -0.39 is 4.92 Å². The molecule has 2 rings (SSSR count). The van der Waals surface area contributed by atoms with Gasteiger partial charge in [0.15, 0.2) is 0 Å². The summed E-state index contributed by atoms with van der Waals surface area (Å²) in [5.74, 6) is -0.218. The third-order valence-corrected chi connectivity index (χ3v) is 1.74. The number of hydrogen-bond acceptors (Lipinski definition) is 4. The van der Waals surface area contributed by atoms with E-state index in [2.05, 4.69) is 4.42 Å². The molecule has 0 aliphatic rings. The van der Waals surface area contributed by atoms with E-state index in [1.54, 1.807) is 11.3 Å². The largest absolute Gasteiger partial charge is 0.432 e. The molecule has 68 valence electrons.